The predicted octanol–water partition coefficient (Wildman–Crippen LogP) is 5.32. The van der Waals surface area contributed by atoms with Gasteiger partial charge >= 0.3 is 0 Å². The van der Waals surface area contributed by atoms with Gasteiger partial charge < -0.3 is 9.84 Å². The van der Waals surface area contributed by atoms with E-state index in [9.17, 15) is 5.11 Å². The molecule has 2 aromatic rings. The second-order valence-corrected chi connectivity index (χ2v) is 9.97. The Morgan fingerprint density at radius 3 is 2.50 bits per heavy atom. The van der Waals surface area contributed by atoms with E-state index in [0.717, 1.165) is 18.5 Å². The summed E-state index contributed by atoms with van der Waals surface area (Å²) < 4.78 is 5.37. The first-order chi connectivity index (χ1) is 13.5. The lowest BCUT2D eigenvalue weighted by Crippen LogP contribution is -2.31. The number of phenols is 1. The van der Waals surface area contributed by atoms with Gasteiger partial charge in [-0.25, -0.2) is 0 Å². The summed E-state index contributed by atoms with van der Waals surface area (Å²) >= 11 is 0. The second kappa shape index (κ2) is 9.29. The Hall–Kier alpha value is -1.57. The zero-order chi connectivity index (χ0) is 20.1. The van der Waals surface area contributed by atoms with E-state index >= 15 is 0 Å². The molecule has 28 heavy (non-hydrogen) atoms. The number of phenolic OH excluding ortho intramolecular Hbond substituents is 1. The average Bonchev–Trinajstić information content (AvgIpc) is 2.71. The van der Waals surface area contributed by atoms with Crippen LogP contribution in [0.25, 0.3) is 0 Å². The van der Waals surface area contributed by atoms with Crippen LogP contribution in [-0.2, 0) is 11.7 Å². The zero-order valence-corrected chi connectivity index (χ0v) is 18.7. The fourth-order valence-corrected chi connectivity index (χ4v) is 5.82. The average molecular weight is 400 g/mol. The molecule has 0 aromatic heterocycles. The van der Waals surface area contributed by atoms with Gasteiger partial charge in [-0.2, -0.15) is 0 Å². The first kappa shape index (κ1) is 21.1. The lowest BCUT2D eigenvalue weighted by atomic mass is 9.96. The van der Waals surface area contributed by atoms with Gasteiger partial charge in [0.05, 0.1) is 7.11 Å². The molecule has 152 valence electrons. The van der Waals surface area contributed by atoms with Crippen LogP contribution in [0.4, 0.5) is 0 Å². The topological polar surface area (TPSA) is 32.7 Å². The van der Waals surface area contributed by atoms with Crippen molar-refractivity contribution in [2.75, 3.05) is 20.2 Å². The predicted molar refractivity (Wildman–Crippen MR) is 121 cm³/mol. The van der Waals surface area contributed by atoms with Gasteiger partial charge in [-0.1, -0.05) is 59.2 Å². The van der Waals surface area contributed by atoms with E-state index in [1.165, 1.54) is 48.8 Å². The summed E-state index contributed by atoms with van der Waals surface area (Å²) in [5.74, 6) is 0.841. The van der Waals surface area contributed by atoms with Crippen molar-refractivity contribution in [3.63, 3.8) is 0 Å². The molecule has 0 amide bonds. The highest BCUT2D eigenvalue weighted by molar-refractivity contribution is 7.48. The number of piperidine rings is 1. The van der Waals surface area contributed by atoms with E-state index in [1.807, 2.05) is 12.1 Å². The highest BCUT2D eigenvalue weighted by Crippen LogP contribution is 2.49. The highest BCUT2D eigenvalue weighted by Gasteiger charge is 2.31. The van der Waals surface area contributed by atoms with Crippen LogP contribution in [0.1, 0.15) is 56.2 Å². The summed E-state index contributed by atoms with van der Waals surface area (Å²) in [5.41, 5.74) is 3.79. The van der Waals surface area contributed by atoms with Crippen LogP contribution < -0.4 is 10.0 Å². The third kappa shape index (κ3) is 4.53. The van der Waals surface area contributed by atoms with Gasteiger partial charge in [-0.3, -0.25) is 4.90 Å². The van der Waals surface area contributed by atoms with E-state index in [2.05, 4.69) is 49.9 Å². The Bertz CT molecular complexity index is 801. The van der Waals surface area contributed by atoms with Gasteiger partial charge in [0, 0.05) is 17.3 Å². The number of likely N-dealkylation sites (tertiary alicyclic amines) is 1. The summed E-state index contributed by atoms with van der Waals surface area (Å²) in [6, 6.07) is 12.6. The summed E-state index contributed by atoms with van der Waals surface area (Å²) in [5, 5.41) is 12.1. The van der Waals surface area contributed by atoms with E-state index in [-0.39, 0.29) is 10.9 Å². The van der Waals surface area contributed by atoms with Crippen molar-refractivity contribution in [1.29, 1.82) is 0 Å². The van der Waals surface area contributed by atoms with E-state index < -0.39 is 0 Å². The normalized spacial score (nSPS) is 17.7. The molecule has 1 N–H and O–H groups in total. The largest absolute Gasteiger partial charge is 0.504 e. The summed E-state index contributed by atoms with van der Waals surface area (Å²) in [6.45, 7) is 10.2. The fourth-order valence-electron chi connectivity index (χ4n) is 4.15. The summed E-state index contributed by atoms with van der Waals surface area (Å²) in [7, 11) is 2.21. The maximum absolute atomic E-state index is 10.8. The number of ether oxygens (including phenoxy) is 1. The number of benzene rings is 2. The molecule has 3 nitrogen and oxygen atoms in total. The van der Waals surface area contributed by atoms with Crippen molar-refractivity contribution in [2.24, 2.45) is 0 Å². The standard InChI is InChI=1S/C24H34NO2P/c1-5-24(3,20-13-10-14-21(27-4)22(20)26)28-23-18(2)11-9-12-19(23)17-25-15-7-6-8-16-25/h9-14,26,28H,5-8,15-17H2,1-4H3. The second-order valence-electron chi connectivity index (χ2n) is 8.11. The zero-order valence-electron chi connectivity index (χ0n) is 17.7. The molecule has 3 rings (SSSR count). The van der Waals surface area contributed by atoms with Gasteiger partial charge in [0.1, 0.15) is 0 Å². The number of aryl methyl sites for hydroxylation is 1. The Labute approximate surface area is 171 Å². The fraction of sp³-hybridized carbons (Fsp3) is 0.500. The van der Waals surface area contributed by atoms with E-state index in [0.29, 0.717) is 14.3 Å². The van der Waals surface area contributed by atoms with Gasteiger partial charge in [0.25, 0.3) is 0 Å². The third-order valence-electron chi connectivity index (χ3n) is 6.12. The van der Waals surface area contributed by atoms with Crippen LogP contribution in [0.2, 0.25) is 0 Å². The van der Waals surface area contributed by atoms with Gasteiger partial charge in [-0.05, 0) is 61.8 Å². The highest BCUT2D eigenvalue weighted by atomic mass is 31.1. The minimum absolute atomic E-state index is 0.124. The molecule has 1 saturated heterocycles. The lowest BCUT2D eigenvalue weighted by Gasteiger charge is -2.33. The van der Waals surface area contributed by atoms with Crippen molar-refractivity contribution >= 4 is 13.9 Å². The molecule has 4 heteroatoms. The Morgan fingerprint density at radius 1 is 1.11 bits per heavy atom. The molecule has 2 atom stereocenters. The number of nitrogens with zero attached hydrogens (tertiary/aromatic N) is 1. The molecule has 1 heterocycles. The first-order valence-corrected chi connectivity index (χ1v) is 11.4. The van der Waals surface area contributed by atoms with Crippen molar-refractivity contribution < 1.29 is 9.84 Å². The number of para-hydroxylation sites is 1. The van der Waals surface area contributed by atoms with Crippen LogP contribution in [-0.4, -0.2) is 30.2 Å². The van der Waals surface area contributed by atoms with Gasteiger partial charge in [-0.15, -0.1) is 0 Å². The molecule has 0 saturated carbocycles. The maximum atomic E-state index is 10.8. The third-order valence-corrected chi connectivity index (χ3v) is 8.26. The van der Waals surface area contributed by atoms with Crippen LogP contribution in [0.5, 0.6) is 11.5 Å². The minimum atomic E-state index is -0.124. The molecule has 1 fully saturated rings. The lowest BCUT2D eigenvalue weighted by molar-refractivity contribution is 0.221. The Kier molecular flexibility index (Phi) is 7.01. The number of rotatable bonds is 7. The molecular weight excluding hydrogens is 365 g/mol. The Balaban J connectivity index is 1.94. The minimum Gasteiger partial charge on any atom is -0.504 e. The van der Waals surface area contributed by atoms with Gasteiger partial charge in [0.15, 0.2) is 11.5 Å². The van der Waals surface area contributed by atoms with Crippen molar-refractivity contribution in [3.8, 4) is 11.5 Å². The quantitative estimate of drug-likeness (QED) is 0.639. The summed E-state index contributed by atoms with van der Waals surface area (Å²) in [6.07, 6.45) is 4.95. The molecule has 0 bridgehead atoms. The molecule has 1 aliphatic heterocycles. The van der Waals surface area contributed by atoms with Crippen LogP contribution in [0, 0.1) is 6.92 Å². The number of hydrogen-bond donors (Lipinski definition) is 1. The smallest absolute Gasteiger partial charge is 0.161 e. The molecule has 2 unspecified atom stereocenters. The number of hydrogen-bond acceptors (Lipinski definition) is 3. The summed E-state index contributed by atoms with van der Waals surface area (Å²) in [4.78, 5) is 2.60. The molecular formula is C24H34NO2P. The Morgan fingerprint density at radius 2 is 1.82 bits per heavy atom. The van der Waals surface area contributed by atoms with E-state index in [1.54, 1.807) is 7.11 Å². The monoisotopic (exact) mass is 399 g/mol. The number of methoxy groups -OCH3 is 1. The van der Waals surface area contributed by atoms with Crippen LogP contribution in [0.3, 0.4) is 0 Å². The molecule has 0 aliphatic carbocycles. The van der Waals surface area contributed by atoms with Crippen molar-refractivity contribution in [3.05, 3.63) is 53.1 Å². The van der Waals surface area contributed by atoms with Crippen molar-refractivity contribution in [1.82, 2.24) is 4.90 Å². The molecule has 2 aromatic carbocycles. The SMILES string of the molecule is CCC(C)(Pc1c(C)cccc1CN1CCCCC1)c1cccc(OC)c1O. The molecule has 1 aliphatic rings. The molecule has 0 radical (unpaired) electrons. The number of aromatic hydroxyl groups is 1. The van der Waals surface area contributed by atoms with Crippen molar-refractivity contribution in [2.45, 2.75) is 58.2 Å². The molecule has 0 spiro atoms. The van der Waals surface area contributed by atoms with E-state index in [4.69, 9.17) is 4.74 Å². The maximum Gasteiger partial charge on any atom is 0.161 e. The van der Waals surface area contributed by atoms with Crippen LogP contribution in [0.15, 0.2) is 36.4 Å². The van der Waals surface area contributed by atoms with Gasteiger partial charge in [0.2, 0.25) is 0 Å². The van der Waals surface area contributed by atoms with Crippen LogP contribution >= 0.6 is 8.58 Å². The first-order valence-electron chi connectivity index (χ1n) is 10.4.